The lowest BCUT2D eigenvalue weighted by Gasteiger charge is -2.08. The molecule has 0 saturated carbocycles. The van der Waals surface area contributed by atoms with E-state index in [-0.39, 0.29) is 18.4 Å². The van der Waals surface area contributed by atoms with Gasteiger partial charge in [0.1, 0.15) is 11.6 Å². The second-order valence-electron chi connectivity index (χ2n) is 5.26. The van der Waals surface area contributed by atoms with Gasteiger partial charge in [-0.15, -0.1) is 5.10 Å². The highest BCUT2D eigenvalue weighted by Crippen LogP contribution is 2.21. The summed E-state index contributed by atoms with van der Waals surface area (Å²) in [4.78, 5) is 16.1. The second kappa shape index (κ2) is 7.31. The number of nitrogens with zero attached hydrogens (tertiary/aromatic N) is 2. The topological polar surface area (TPSA) is 79.9 Å². The smallest absolute Gasteiger partial charge is 0.264 e. The van der Waals surface area contributed by atoms with Gasteiger partial charge in [-0.25, -0.2) is 4.39 Å². The highest BCUT2D eigenvalue weighted by molar-refractivity contribution is 6.30. The number of carbonyl (C=O) groups is 1. The van der Waals surface area contributed by atoms with Crippen LogP contribution < -0.4 is 10.1 Å². The SMILES string of the molecule is Cc1cc(Cl)ccc1OCC(=O)Nc1n[nH]c(-c2ccc(F)cc2)n1. The number of aromatic amines is 1. The van der Waals surface area contributed by atoms with E-state index in [1.807, 2.05) is 6.92 Å². The molecule has 0 aliphatic carbocycles. The van der Waals surface area contributed by atoms with Crippen molar-refractivity contribution in [1.82, 2.24) is 15.2 Å². The number of rotatable bonds is 5. The summed E-state index contributed by atoms with van der Waals surface area (Å²) in [5.74, 6) is 0.359. The van der Waals surface area contributed by atoms with Crippen molar-refractivity contribution in [1.29, 1.82) is 0 Å². The van der Waals surface area contributed by atoms with Crippen LogP contribution in [0.2, 0.25) is 5.02 Å². The van der Waals surface area contributed by atoms with Gasteiger partial charge in [0.2, 0.25) is 5.95 Å². The summed E-state index contributed by atoms with van der Waals surface area (Å²) in [7, 11) is 0. The van der Waals surface area contributed by atoms with E-state index >= 15 is 0 Å². The van der Waals surface area contributed by atoms with Crippen molar-refractivity contribution >= 4 is 23.5 Å². The predicted octanol–water partition coefficient (Wildman–Crippen LogP) is 3.59. The molecule has 1 heterocycles. The van der Waals surface area contributed by atoms with Crippen molar-refractivity contribution in [3.63, 3.8) is 0 Å². The van der Waals surface area contributed by atoms with E-state index < -0.39 is 5.91 Å². The highest BCUT2D eigenvalue weighted by atomic mass is 35.5. The normalized spacial score (nSPS) is 10.5. The van der Waals surface area contributed by atoms with Crippen LogP contribution in [-0.4, -0.2) is 27.7 Å². The van der Waals surface area contributed by atoms with Crippen molar-refractivity contribution in [2.75, 3.05) is 11.9 Å². The maximum Gasteiger partial charge on any atom is 0.264 e. The van der Waals surface area contributed by atoms with Crippen LogP contribution in [0.5, 0.6) is 5.75 Å². The van der Waals surface area contributed by atoms with Crippen molar-refractivity contribution in [2.45, 2.75) is 6.92 Å². The van der Waals surface area contributed by atoms with Gasteiger partial charge in [-0.2, -0.15) is 4.98 Å². The molecule has 25 heavy (non-hydrogen) atoms. The molecule has 0 radical (unpaired) electrons. The number of H-pyrrole nitrogens is 1. The van der Waals surface area contributed by atoms with E-state index in [0.29, 0.717) is 22.2 Å². The van der Waals surface area contributed by atoms with Crippen molar-refractivity contribution in [3.8, 4) is 17.1 Å². The molecule has 128 valence electrons. The first kappa shape index (κ1) is 16.9. The molecule has 2 aromatic carbocycles. The third kappa shape index (κ3) is 4.33. The molecule has 8 heteroatoms. The zero-order chi connectivity index (χ0) is 17.8. The van der Waals surface area contributed by atoms with Gasteiger partial charge in [0.25, 0.3) is 5.91 Å². The van der Waals surface area contributed by atoms with Crippen molar-refractivity contribution < 1.29 is 13.9 Å². The average molecular weight is 361 g/mol. The van der Waals surface area contributed by atoms with E-state index in [0.717, 1.165) is 5.56 Å². The molecule has 0 fully saturated rings. The minimum Gasteiger partial charge on any atom is -0.483 e. The Morgan fingerprint density at radius 3 is 2.76 bits per heavy atom. The lowest BCUT2D eigenvalue weighted by Crippen LogP contribution is -2.21. The monoisotopic (exact) mass is 360 g/mol. The molecule has 0 spiro atoms. The van der Waals surface area contributed by atoms with E-state index in [1.54, 1.807) is 30.3 Å². The summed E-state index contributed by atoms with van der Waals surface area (Å²) in [6.07, 6.45) is 0. The Kier molecular flexibility index (Phi) is 4.95. The lowest BCUT2D eigenvalue weighted by molar-refractivity contribution is -0.118. The average Bonchev–Trinajstić information content (AvgIpc) is 3.03. The Morgan fingerprint density at radius 1 is 1.28 bits per heavy atom. The maximum atomic E-state index is 12.9. The third-order valence-electron chi connectivity index (χ3n) is 3.35. The fraction of sp³-hybridized carbons (Fsp3) is 0.118. The number of amides is 1. The molecule has 0 saturated heterocycles. The first-order valence-electron chi connectivity index (χ1n) is 7.38. The first-order chi connectivity index (χ1) is 12.0. The van der Waals surface area contributed by atoms with Crippen LogP contribution in [0.1, 0.15) is 5.56 Å². The zero-order valence-electron chi connectivity index (χ0n) is 13.2. The largest absolute Gasteiger partial charge is 0.483 e. The second-order valence-corrected chi connectivity index (χ2v) is 5.70. The standard InChI is InChI=1S/C17H14ClFN4O2/c1-10-8-12(18)4-7-14(10)25-9-15(24)20-17-21-16(22-23-17)11-2-5-13(19)6-3-11/h2-8H,9H2,1H3,(H2,20,21,22,23,24). The Labute approximate surface area is 148 Å². The molecule has 0 unspecified atom stereocenters. The molecule has 0 aliphatic rings. The number of carbonyl (C=O) groups excluding carboxylic acids is 1. The van der Waals surface area contributed by atoms with E-state index in [2.05, 4.69) is 20.5 Å². The van der Waals surface area contributed by atoms with Gasteiger partial charge < -0.3 is 4.74 Å². The van der Waals surface area contributed by atoms with E-state index in [4.69, 9.17) is 16.3 Å². The summed E-state index contributed by atoms with van der Waals surface area (Å²) in [5.41, 5.74) is 1.49. The summed E-state index contributed by atoms with van der Waals surface area (Å²) >= 11 is 5.87. The van der Waals surface area contributed by atoms with Gasteiger partial charge in [0.05, 0.1) is 0 Å². The van der Waals surface area contributed by atoms with Crippen LogP contribution in [0.3, 0.4) is 0 Å². The molecule has 0 atom stereocenters. The molecular formula is C17H14ClFN4O2. The maximum absolute atomic E-state index is 12.9. The Balaban J connectivity index is 1.59. The number of hydrogen-bond donors (Lipinski definition) is 2. The first-order valence-corrected chi connectivity index (χ1v) is 7.76. The number of benzene rings is 2. The Hall–Kier alpha value is -2.93. The molecule has 6 nitrogen and oxygen atoms in total. The minimum atomic E-state index is -0.404. The summed E-state index contributed by atoms with van der Waals surface area (Å²) in [6.45, 7) is 1.65. The van der Waals surface area contributed by atoms with Gasteiger partial charge in [-0.1, -0.05) is 11.6 Å². The van der Waals surface area contributed by atoms with Gasteiger partial charge in [0, 0.05) is 10.6 Å². The summed E-state index contributed by atoms with van der Waals surface area (Å²) < 4.78 is 18.4. The zero-order valence-corrected chi connectivity index (χ0v) is 14.0. The summed E-state index contributed by atoms with van der Waals surface area (Å²) in [6, 6.07) is 10.9. The number of halogens is 2. The Bertz CT molecular complexity index is 896. The van der Waals surface area contributed by atoms with Crippen molar-refractivity contribution in [2.24, 2.45) is 0 Å². The fourth-order valence-corrected chi connectivity index (χ4v) is 2.36. The number of anilines is 1. The van der Waals surface area contributed by atoms with Crippen LogP contribution in [0.4, 0.5) is 10.3 Å². The Morgan fingerprint density at radius 2 is 2.04 bits per heavy atom. The molecule has 1 amide bonds. The van der Waals surface area contributed by atoms with E-state index in [9.17, 15) is 9.18 Å². The number of ether oxygens (including phenoxy) is 1. The third-order valence-corrected chi connectivity index (χ3v) is 3.59. The lowest BCUT2D eigenvalue weighted by atomic mass is 10.2. The molecule has 0 bridgehead atoms. The number of hydrogen-bond acceptors (Lipinski definition) is 4. The summed E-state index contributed by atoms with van der Waals surface area (Å²) in [5, 5.41) is 9.71. The van der Waals surface area contributed by atoms with Gasteiger partial charge >= 0.3 is 0 Å². The molecule has 3 aromatic rings. The predicted molar refractivity (Wildman–Crippen MR) is 92.1 cm³/mol. The van der Waals surface area contributed by atoms with Gasteiger partial charge in [-0.3, -0.25) is 15.2 Å². The molecular weight excluding hydrogens is 347 g/mol. The number of aryl methyl sites for hydroxylation is 1. The van der Waals surface area contributed by atoms with Gasteiger partial charge in [0.15, 0.2) is 12.4 Å². The highest BCUT2D eigenvalue weighted by Gasteiger charge is 2.10. The van der Waals surface area contributed by atoms with Crippen LogP contribution in [0.25, 0.3) is 11.4 Å². The van der Waals surface area contributed by atoms with Crippen LogP contribution in [0, 0.1) is 12.7 Å². The van der Waals surface area contributed by atoms with Crippen LogP contribution in [-0.2, 0) is 4.79 Å². The fourth-order valence-electron chi connectivity index (χ4n) is 2.13. The number of nitrogens with one attached hydrogen (secondary N) is 2. The molecule has 2 N–H and O–H groups in total. The van der Waals surface area contributed by atoms with Crippen LogP contribution in [0.15, 0.2) is 42.5 Å². The van der Waals surface area contributed by atoms with Crippen molar-refractivity contribution in [3.05, 3.63) is 58.9 Å². The minimum absolute atomic E-state index is 0.112. The van der Waals surface area contributed by atoms with E-state index in [1.165, 1.54) is 12.1 Å². The van der Waals surface area contributed by atoms with Gasteiger partial charge in [-0.05, 0) is 55.0 Å². The molecule has 3 rings (SSSR count). The number of aromatic nitrogens is 3. The quantitative estimate of drug-likeness (QED) is 0.728. The molecule has 1 aromatic heterocycles. The molecule has 0 aliphatic heterocycles. The van der Waals surface area contributed by atoms with Crippen LogP contribution >= 0.6 is 11.6 Å².